The maximum atomic E-state index is 10.7. The molecule has 0 aromatic carbocycles. The second-order valence-corrected chi connectivity index (χ2v) is 4.97. The average Bonchev–Trinajstić information content (AvgIpc) is 2.11. The molecule has 7 nitrogen and oxygen atoms in total. The lowest BCUT2D eigenvalue weighted by Crippen LogP contribution is -2.40. The highest BCUT2D eigenvalue weighted by Crippen LogP contribution is 2.18. The van der Waals surface area contributed by atoms with E-state index in [1.54, 1.807) is 0 Å². The van der Waals surface area contributed by atoms with Gasteiger partial charge in [0.15, 0.2) is 5.60 Å². The number of nitrogens with two attached hydrogens (primary N) is 1. The van der Waals surface area contributed by atoms with Crippen LogP contribution >= 0.6 is 0 Å². The molecule has 0 aromatic rings. The molecule has 0 spiro atoms. The maximum absolute atomic E-state index is 10.7. The van der Waals surface area contributed by atoms with Crippen LogP contribution in [0.1, 0.15) is 19.8 Å². The van der Waals surface area contributed by atoms with E-state index in [0.717, 1.165) is 0 Å². The first-order valence-corrected chi connectivity index (χ1v) is 5.64. The van der Waals surface area contributed by atoms with Crippen molar-refractivity contribution in [1.82, 2.24) is 0 Å². The van der Waals surface area contributed by atoms with E-state index < -0.39 is 27.1 Å². The van der Waals surface area contributed by atoms with Crippen LogP contribution in [0.15, 0.2) is 0 Å². The second-order valence-electron chi connectivity index (χ2n) is 3.33. The van der Waals surface area contributed by atoms with E-state index in [9.17, 15) is 13.2 Å². The predicted octanol–water partition coefficient (Wildman–Crippen LogP) is -0.571. The number of carboxylic acids is 1. The van der Waals surface area contributed by atoms with Gasteiger partial charge in [-0.2, -0.15) is 8.42 Å². The Balaban J connectivity index is 4.44. The van der Waals surface area contributed by atoms with Gasteiger partial charge in [-0.3, -0.25) is 4.55 Å². The van der Waals surface area contributed by atoms with Crippen molar-refractivity contribution in [3.63, 3.8) is 0 Å². The smallest absolute Gasteiger partial charge is 0.335 e. The van der Waals surface area contributed by atoms with Crippen molar-refractivity contribution in [2.45, 2.75) is 30.7 Å². The molecule has 4 N–H and O–H groups in total. The number of carbonyl (C=O) groups is 1. The van der Waals surface area contributed by atoms with Gasteiger partial charge in [-0.1, -0.05) is 0 Å². The molecule has 0 saturated carbocycles. The summed E-state index contributed by atoms with van der Waals surface area (Å²) in [4.78, 5) is 10.7. The number of hydrogen-bond acceptors (Lipinski definition) is 5. The molecule has 0 fully saturated rings. The monoisotopic (exact) mass is 241 g/mol. The molecule has 0 radical (unpaired) electrons. The Labute approximate surface area is 88.0 Å². The summed E-state index contributed by atoms with van der Waals surface area (Å²) < 4.78 is 34.4. The van der Waals surface area contributed by atoms with Crippen LogP contribution in [0.25, 0.3) is 0 Å². The van der Waals surface area contributed by atoms with Gasteiger partial charge in [0.25, 0.3) is 10.1 Å². The van der Waals surface area contributed by atoms with Gasteiger partial charge >= 0.3 is 5.97 Å². The largest absolute Gasteiger partial charge is 0.479 e. The van der Waals surface area contributed by atoms with Crippen LogP contribution in [0.2, 0.25) is 0 Å². The zero-order valence-electron chi connectivity index (χ0n) is 8.50. The van der Waals surface area contributed by atoms with Gasteiger partial charge < -0.3 is 15.6 Å². The fourth-order valence-corrected chi connectivity index (χ4v) is 1.28. The number of rotatable bonds is 6. The van der Waals surface area contributed by atoms with Crippen molar-refractivity contribution in [3.05, 3.63) is 0 Å². The summed E-state index contributed by atoms with van der Waals surface area (Å²) in [5.41, 5.74) is 3.63. The van der Waals surface area contributed by atoms with E-state index in [0.29, 0.717) is 0 Å². The van der Waals surface area contributed by atoms with Crippen LogP contribution in [0.3, 0.4) is 0 Å². The van der Waals surface area contributed by atoms with Gasteiger partial charge in [0.05, 0.1) is 0 Å². The average molecular weight is 241 g/mol. The Morgan fingerprint density at radius 3 is 2.33 bits per heavy atom. The summed E-state index contributed by atoms with van der Waals surface area (Å²) in [7, 11) is -3.13. The zero-order chi connectivity index (χ0) is 12.3. The van der Waals surface area contributed by atoms with Crippen molar-refractivity contribution in [3.8, 4) is 0 Å². The van der Waals surface area contributed by atoms with Crippen molar-refractivity contribution in [2.75, 3.05) is 7.11 Å². The maximum Gasteiger partial charge on any atom is 0.335 e. The molecule has 0 aliphatic carbocycles. The van der Waals surface area contributed by atoms with Gasteiger partial charge in [0.1, 0.15) is 5.37 Å². The summed E-state index contributed by atoms with van der Waals surface area (Å²) in [6.07, 6.45) is -0.310. The Kier molecular flexibility index (Phi) is 4.65. The molecule has 0 amide bonds. The first-order chi connectivity index (χ1) is 6.63. The fraction of sp³-hybridized carbons (Fsp3) is 0.857. The lowest BCUT2D eigenvalue weighted by atomic mass is 10.0. The van der Waals surface area contributed by atoms with Crippen molar-refractivity contribution >= 4 is 16.1 Å². The normalized spacial score (nSPS) is 18.1. The summed E-state index contributed by atoms with van der Waals surface area (Å²) in [6.45, 7) is 1.30. The van der Waals surface area contributed by atoms with Crippen LogP contribution < -0.4 is 5.73 Å². The fourth-order valence-electron chi connectivity index (χ4n) is 0.863. The summed E-state index contributed by atoms with van der Waals surface area (Å²) in [5, 5.41) is 7.28. The lowest BCUT2D eigenvalue weighted by Gasteiger charge is -2.23. The Morgan fingerprint density at radius 1 is 1.60 bits per heavy atom. The highest BCUT2D eigenvalue weighted by atomic mass is 32.2. The molecule has 0 bridgehead atoms. The molecule has 90 valence electrons. The number of methoxy groups -OCH3 is 1. The van der Waals surface area contributed by atoms with Crippen LogP contribution in [0.4, 0.5) is 0 Å². The van der Waals surface area contributed by atoms with E-state index in [1.165, 1.54) is 14.0 Å². The molecule has 0 saturated heterocycles. The summed E-state index contributed by atoms with van der Waals surface area (Å²) >= 11 is 0. The van der Waals surface area contributed by atoms with E-state index >= 15 is 0 Å². The van der Waals surface area contributed by atoms with Gasteiger partial charge in [-0.15, -0.1) is 0 Å². The number of carboxylic acid groups (broad SMARTS) is 1. The second kappa shape index (κ2) is 4.88. The summed E-state index contributed by atoms with van der Waals surface area (Å²) in [6, 6.07) is 0. The molecular formula is C7H15NO6S. The molecule has 2 unspecified atom stereocenters. The van der Waals surface area contributed by atoms with Gasteiger partial charge in [-0.05, 0) is 19.8 Å². The van der Waals surface area contributed by atoms with Crippen molar-refractivity contribution < 1.29 is 27.6 Å². The molecule has 0 aliphatic rings. The lowest BCUT2D eigenvalue weighted by molar-refractivity contribution is -0.160. The van der Waals surface area contributed by atoms with Crippen molar-refractivity contribution in [2.24, 2.45) is 5.73 Å². The third kappa shape index (κ3) is 4.12. The SMILES string of the molecule is COC(C)(CCC(N)S(=O)(=O)O)C(=O)O. The zero-order valence-corrected chi connectivity index (χ0v) is 9.32. The minimum absolute atomic E-state index is 0.111. The van der Waals surface area contributed by atoms with Gasteiger partial charge in [0.2, 0.25) is 0 Å². The highest BCUT2D eigenvalue weighted by Gasteiger charge is 2.34. The third-order valence-electron chi connectivity index (χ3n) is 2.19. The molecule has 0 heterocycles. The van der Waals surface area contributed by atoms with Gasteiger partial charge in [-0.25, -0.2) is 4.79 Å². The molecule has 0 rings (SSSR count). The third-order valence-corrected chi connectivity index (χ3v) is 3.19. The molecule has 0 aromatic heterocycles. The predicted molar refractivity (Wildman–Crippen MR) is 51.8 cm³/mol. The van der Waals surface area contributed by atoms with Gasteiger partial charge in [0, 0.05) is 7.11 Å². The Hall–Kier alpha value is -0.700. The molecule has 8 heteroatoms. The van der Waals surface area contributed by atoms with Crippen LogP contribution in [-0.4, -0.2) is 42.1 Å². The highest BCUT2D eigenvalue weighted by molar-refractivity contribution is 7.86. The van der Waals surface area contributed by atoms with E-state index in [4.69, 9.17) is 20.1 Å². The van der Waals surface area contributed by atoms with E-state index in [-0.39, 0.29) is 12.8 Å². The van der Waals surface area contributed by atoms with E-state index in [1.807, 2.05) is 0 Å². The number of ether oxygens (including phenoxy) is 1. The van der Waals surface area contributed by atoms with Crippen LogP contribution in [-0.2, 0) is 19.6 Å². The Bertz CT molecular complexity index is 326. The molecule has 15 heavy (non-hydrogen) atoms. The topological polar surface area (TPSA) is 127 Å². The minimum Gasteiger partial charge on any atom is -0.479 e. The molecular weight excluding hydrogens is 226 g/mol. The van der Waals surface area contributed by atoms with Crippen LogP contribution in [0, 0.1) is 0 Å². The minimum atomic E-state index is -4.33. The van der Waals surface area contributed by atoms with Crippen molar-refractivity contribution in [1.29, 1.82) is 0 Å². The van der Waals surface area contributed by atoms with E-state index in [2.05, 4.69) is 0 Å². The first-order valence-electron chi connectivity index (χ1n) is 4.14. The number of hydrogen-bond donors (Lipinski definition) is 3. The Morgan fingerprint density at radius 2 is 2.07 bits per heavy atom. The summed E-state index contributed by atoms with van der Waals surface area (Å²) in [5.74, 6) is -1.22. The molecule has 2 atom stereocenters. The standard InChI is InChI=1S/C7H15NO6S/c1-7(14-2,6(9)10)4-3-5(8)15(11,12)13/h5H,3-4,8H2,1-2H3,(H,9,10)(H,11,12,13). The van der Waals surface area contributed by atoms with Crippen LogP contribution in [0.5, 0.6) is 0 Å². The first kappa shape index (κ1) is 14.3. The quantitative estimate of drug-likeness (QED) is 0.531. The number of aliphatic carboxylic acids is 1. The molecule has 0 aliphatic heterocycles.